The molecule has 1 amide bonds. The zero-order valence-electron chi connectivity index (χ0n) is 22.2. The van der Waals surface area contributed by atoms with Gasteiger partial charge >= 0.3 is 0 Å². The molecule has 2 N–H and O–H groups in total. The summed E-state index contributed by atoms with van der Waals surface area (Å²) < 4.78 is 2.31. The number of hydrogen-bond donors (Lipinski definition) is 2. The number of hydrogen-bond acceptors (Lipinski definition) is 3. The van der Waals surface area contributed by atoms with Crippen LogP contribution in [0.15, 0.2) is 79.0 Å². The van der Waals surface area contributed by atoms with Crippen LogP contribution in [0.1, 0.15) is 52.3 Å². The van der Waals surface area contributed by atoms with E-state index in [9.17, 15) is 4.79 Å². The molecule has 0 unspecified atom stereocenters. The predicted molar refractivity (Wildman–Crippen MR) is 157 cm³/mol. The first-order valence-corrected chi connectivity index (χ1v) is 13.3. The highest BCUT2D eigenvalue weighted by Crippen LogP contribution is 2.43. The van der Waals surface area contributed by atoms with Gasteiger partial charge in [-0.25, -0.2) is 0 Å². The Morgan fingerprint density at radius 1 is 0.947 bits per heavy atom. The molecule has 1 aliphatic rings. The van der Waals surface area contributed by atoms with Crippen molar-refractivity contribution in [3.05, 3.63) is 113 Å². The van der Waals surface area contributed by atoms with E-state index in [1.165, 1.54) is 16.8 Å². The minimum Gasteiger partial charge on any atom is -0.352 e. The zero-order chi connectivity index (χ0) is 26.8. The molecule has 0 spiro atoms. The van der Waals surface area contributed by atoms with Crippen molar-refractivity contribution in [2.24, 2.45) is 0 Å². The number of aromatic nitrogens is 2. The molecule has 4 aromatic rings. The number of pyridine rings is 1. The molecule has 2 aromatic carbocycles. The second-order valence-electron chi connectivity index (χ2n) is 9.86. The van der Waals surface area contributed by atoms with Gasteiger partial charge in [-0.3, -0.25) is 9.78 Å². The molecule has 194 valence electrons. The largest absolute Gasteiger partial charge is 0.352 e. The number of carbonyl (C=O) groups is 1. The van der Waals surface area contributed by atoms with Crippen LogP contribution < -0.4 is 10.6 Å². The molecule has 0 bridgehead atoms. The molecule has 1 saturated heterocycles. The highest BCUT2D eigenvalue weighted by Gasteiger charge is 2.42. The van der Waals surface area contributed by atoms with Crippen molar-refractivity contribution >= 4 is 28.9 Å². The van der Waals surface area contributed by atoms with Gasteiger partial charge in [0.05, 0.1) is 17.8 Å². The van der Waals surface area contributed by atoms with Crippen LogP contribution in [0.4, 0.5) is 5.69 Å². The monoisotopic (exact) mass is 523 g/mol. The number of aryl methyl sites for hydroxylation is 1. The molecule has 6 nitrogen and oxygen atoms in total. The fourth-order valence-electron chi connectivity index (χ4n) is 5.45. The number of nitrogens with zero attached hydrogens (tertiary/aromatic N) is 3. The summed E-state index contributed by atoms with van der Waals surface area (Å²) >= 11 is 5.86. The van der Waals surface area contributed by atoms with Crippen LogP contribution in [-0.2, 0) is 4.79 Å². The van der Waals surface area contributed by atoms with Crippen LogP contribution >= 0.6 is 12.2 Å². The number of amides is 1. The highest BCUT2D eigenvalue weighted by molar-refractivity contribution is 7.80. The molecule has 0 saturated carbocycles. The van der Waals surface area contributed by atoms with E-state index in [1.807, 2.05) is 61.7 Å². The smallest absolute Gasteiger partial charge is 0.226 e. The summed E-state index contributed by atoms with van der Waals surface area (Å²) in [5.41, 5.74) is 8.80. The van der Waals surface area contributed by atoms with Gasteiger partial charge in [0, 0.05) is 47.5 Å². The van der Waals surface area contributed by atoms with Gasteiger partial charge in [0.15, 0.2) is 5.11 Å². The highest BCUT2D eigenvalue weighted by atomic mass is 32.1. The summed E-state index contributed by atoms with van der Waals surface area (Å²) in [6.07, 6.45) is 2.13. The van der Waals surface area contributed by atoms with E-state index < -0.39 is 0 Å². The Morgan fingerprint density at radius 2 is 1.66 bits per heavy atom. The minimum atomic E-state index is -0.132. The third-order valence-electron chi connectivity index (χ3n) is 7.43. The molecule has 3 heterocycles. The van der Waals surface area contributed by atoms with Gasteiger partial charge in [-0.2, -0.15) is 0 Å². The van der Waals surface area contributed by atoms with Crippen LogP contribution in [0.3, 0.4) is 0 Å². The molecular formula is C31H33N5OS. The topological polar surface area (TPSA) is 62.2 Å². The van der Waals surface area contributed by atoms with Gasteiger partial charge in [0.2, 0.25) is 5.91 Å². The van der Waals surface area contributed by atoms with Crippen molar-refractivity contribution in [2.75, 3.05) is 11.9 Å². The lowest BCUT2D eigenvalue weighted by molar-refractivity contribution is -0.116. The van der Waals surface area contributed by atoms with Crippen molar-refractivity contribution in [2.45, 2.75) is 46.2 Å². The van der Waals surface area contributed by atoms with E-state index in [-0.39, 0.29) is 18.0 Å². The van der Waals surface area contributed by atoms with Crippen LogP contribution in [0.2, 0.25) is 0 Å². The third kappa shape index (κ3) is 4.94. The first kappa shape index (κ1) is 25.7. The Morgan fingerprint density at radius 3 is 2.34 bits per heavy atom. The normalized spacial score (nSPS) is 16.9. The molecule has 2 atom stereocenters. The molecule has 1 fully saturated rings. The predicted octanol–water partition coefficient (Wildman–Crippen LogP) is 6.11. The molecule has 1 aliphatic heterocycles. The standard InChI is InChI=1S/C31H33N5OS/c1-20-13-15-24(16-14-20)33-27(37)17-19-35-30(29(34-31(35)38)26-12-8-9-18-32-26)28-21(2)22(3)36(23(28)4)25-10-6-5-7-11-25/h5-16,18,29-30H,17,19H2,1-4H3,(H,33,37)(H,34,38)/t29-,30+/m0/s1. The lowest BCUT2D eigenvalue weighted by Crippen LogP contribution is -2.33. The van der Waals surface area contributed by atoms with Crippen molar-refractivity contribution in [3.8, 4) is 5.69 Å². The van der Waals surface area contributed by atoms with Crippen molar-refractivity contribution in [1.82, 2.24) is 19.8 Å². The van der Waals surface area contributed by atoms with Gasteiger partial charge in [0.1, 0.15) is 0 Å². The lowest BCUT2D eigenvalue weighted by atomic mass is 9.93. The van der Waals surface area contributed by atoms with Crippen molar-refractivity contribution in [1.29, 1.82) is 0 Å². The molecular weight excluding hydrogens is 490 g/mol. The van der Waals surface area contributed by atoms with E-state index >= 15 is 0 Å². The van der Waals surface area contributed by atoms with Crippen LogP contribution in [0, 0.1) is 27.7 Å². The van der Waals surface area contributed by atoms with E-state index in [1.54, 1.807) is 0 Å². The summed E-state index contributed by atoms with van der Waals surface area (Å²) in [5.74, 6) is -0.0387. The summed E-state index contributed by atoms with van der Waals surface area (Å²) in [4.78, 5) is 19.8. The maximum atomic E-state index is 12.9. The van der Waals surface area contributed by atoms with Gasteiger partial charge in [-0.05, 0) is 81.9 Å². The average molecular weight is 524 g/mol. The molecule has 0 radical (unpaired) electrons. The van der Waals surface area contributed by atoms with E-state index in [2.05, 4.69) is 70.1 Å². The molecule has 0 aliphatic carbocycles. The number of rotatable bonds is 7. The Balaban J connectivity index is 1.49. The summed E-state index contributed by atoms with van der Waals surface area (Å²) in [7, 11) is 0. The summed E-state index contributed by atoms with van der Waals surface area (Å²) in [6, 6.07) is 24.0. The zero-order valence-corrected chi connectivity index (χ0v) is 23.0. The third-order valence-corrected chi connectivity index (χ3v) is 7.78. The second-order valence-corrected chi connectivity index (χ2v) is 10.3. The van der Waals surface area contributed by atoms with Crippen LogP contribution in [0.5, 0.6) is 0 Å². The first-order chi connectivity index (χ1) is 18.3. The number of nitrogens with one attached hydrogen (secondary N) is 2. The molecule has 7 heteroatoms. The fraction of sp³-hybridized carbons (Fsp3) is 0.258. The summed E-state index contributed by atoms with van der Waals surface area (Å²) in [5, 5.41) is 7.18. The van der Waals surface area contributed by atoms with Crippen molar-refractivity contribution in [3.63, 3.8) is 0 Å². The quantitative estimate of drug-likeness (QED) is 0.286. The van der Waals surface area contributed by atoms with E-state index in [0.717, 1.165) is 28.3 Å². The maximum absolute atomic E-state index is 12.9. The van der Waals surface area contributed by atoms with E-state index in [0.29, 0.717) is 18.1 Å². The van der Waals surface area contributed by atoms with Gasteiger partial charge in [-0.15, -0.1) is 0 Å². The number of para-hydroxylation sites is 1. The number of thiocarbonyl (C=S) groups is 1. The minimum absolute atomic E-state index is 0.0387. The Hall–Kier alpha value is -3.97. The fourth-order valence-corrected chi connectivity index (χ4v) is 5.78. The average Bonchev–Trinajstić information content (AvgIpc) is 3.36. The number of benzene rings is 2. The Kier molecular flexibility index (Phi) is 7.29. The van der Waals surface area contributed by atoms with Crippen LogP contribution in [-0.4, -0.2) is 32.0 Å². The Bertz CT molecular complexity index is 1450. The van der Waals surface area contributed by atoms with Gasteiger partial charge in [0.25, 0.3) is 0 Å². The van der Waals surface area contributed by atoms with Crippen molar-refractivity contribution < 1.29 is 4.79 Å². The maximum Gasteiger partial charge on any atom is 0.226 e. The van der Waals surface area contributed by atoms with Gasteiger partial charge in [-0.1, -0.05) is 42.0 Å². The van der Waals surface area contributed by atoms with Crippen LogP contribution in [0.25, 0.3) is 5.69 Å². The number of anilines is 1. The first-order valence-electron chi connectivity index (χ1n) is 12.9. The SMILES string of the molecule is Cc1ccc(NC(=O)CCN2C(=S)N[C@@H](c3ccccn3)[C@H]2c2c(C)c(C)n(-c3ccccc3)c2C)cc1. The Labute approximate surface area is 229 Å². The lowest BCUT2D eigenvalue weighted by Gasteiger charge is -2.29. The second kappa shape index (κ2) is 10.8. The molecule has 38 heavy (non-hydrogen) atoms. The summed E-state index contributed by atoms with van der Waals surface area (Å²) in [6.45, 7) is 9.03. The van der Waals surface area contributed by atoms with Gasteiger partial charge < -0.3 is 20.1 Å². The molecule has 2 aromatic heterocycles. The number of carbonyl (C=O) groups excluding carboxylic acids is 1. The molecule has 5 rings (SSSR count). The van der Waals surface area contributed by atoms with E-state index in [4.69, 9.17) is 12.2 Å².